The van der Waals surface area contributed by atoms with Gasteiger partial charge < -0.3 is 15.7 Å². The van der Waals surface area contributed by atoms with Gasteiger partial charge in [0, 0.05) is 37.2 Å². The molecule has 2 atom stereocenters. The van der Waals surface area contributed by atoms with Gasteiger partial charge in [-0.1, -0.05) is 38.5 Å². The molecule has 26 heavy (non-hydrogen) atoms. The average Bonchev–Trinajstić information content (AvgIpc) is 3.19. The number of aliphatic hydroxyl groups is 1. The van der Waals surface area contributed by atoms with Crippen molar-refractivity contribution in [3.05, 3.63) is 47.3 Å². The summed E-state index contributed by atoms with van der Waals surface area (Å²) in [6.07, 6.45) is 1.39. The number of rotatable bonds is 4. The highest BCUT2D eigenvalue weighted by atomic mass is 16.3. The lowest BCUT2D eigenvalue weighted by molar-refractivity contribution is 0.0925. The van der Waals surface area contributed by atoms with E-state index in [9.17, 15) is 9.90 Å². The molecule has 6 nitrogen and oxygen atoms in total. The monoisotopic (exact) mass is 356 g/mol. The van der Waals surface area contributed by atoms with Gasteiger partial charge in [0.15, 0.2) is 0 Å². The van der Waals surface area contributed by atoms with E-state index in [0.29, 0.717) is 18.7 Å². The number of carbonyl (C=O) groups excluding carboxylic acids is 1. The smallest absolute Gasteiger partial charge is 0.254 e. The fraction of sp³-hybridized carbons (Fsp3) is 0.500. The average molecular weight is 356 g/mol. The third kappa shape index (κ3) is 3.97. The summed E-state index contributed by atoms with van der Waals surface area (Å²) in [6.45, 7) is 9.95. The Morgan fingerprint density at radius 3 is 2.58 bits per heavy atom. The Balaban J connectivity index is 1.84. The van der Waals surface area contributed by atoms with Crippen LogP contribution in [0.25, 0.3) is 5.69 Å². The summed E-state index contributed by atoms with van der Waals surface area (Å²) >= 11 is 0. The van der Waals surface area contributed by atoms with Crippen molar-refractivity contribution in [1.82, 2.24) is 20.4 Å². The van der Waals surface area contributed by atoms with Gasteiger partial charge in [-0.05, 0) is 19.1 Å². The van der Waals surface area contributed by atoms with Crippen molar-refractivity contribution in [3.8, 4) is 5.69 Å². The first-order valence-electron chi connectivity index (χ1n) is 9.10. The van der Waals surface area contributed by atoms with Crippen LogP contribution < -0.4 is 10.6 Å². The van der Waals surface area contributed by atoms with E-state index in [1.165, 1.54) is 5.56 Å². The standard InChI is InChI=1S/C20H28N4O2/c1-13-5-7-15(8-6-13)24-12-16(18(23-24)20(2,3)4)19(26)22-10-14-9-21-11-17(14)25/h5-8,12,14,17,21,25H,9-11H2,1-4H3,(H,22,26). The first-order chi connectivity index (χ1) is 12.3. The molecule has 2 heterocycles. The normalized spacial score (nSPS) is 20.3. The number of amides is 1. The molecule has 140 valence electrons. The van der Waals surface area contributed by atoms with Gasteiger partial charge in [-0.3, -0.25) is 4.79 Å². The maximum absolute atomic E-state index is 12.8. The number of hydrogen-bond acceptors (Lipinski definition) is 4. The molecule has 1 aliphatic rings. The number of aryl methyl sites for hydroxylation is 1. The Bertz CT molecular complexity index is 774. The molecule has 1 amide bonds. The Hall–Kier alpha value is -2.18. The summed E-state index contributed by atoms with van der Waals surface area (Å²) in [5, 5.41) is 20.7. The van der Waals surface area contributed by atoms with E-state index in [2.05, 4.69) is 31.4 Å². The molecule has 3 rings (SSSR count). The maximum atomic E-state index is 12.8. The van der Waals surface area contributed by atoms with E-state index in [0.717, 1.165) is 17.9 Å². The van der Waals surface area contributed by atoms with Crippen LogP contribution in [0.4, 0.5) is 0 Å². The molecular weight excluding hydrogens is 328 g/mol. The number of nitrogens with zero attached hydrogens (tertiary/aromatic N) is 2. The number of hydrogen-bond donors (Lipinski definition) is 3. The second-order valence-corrected chi connectivity index (χ2v) is 8.12. The van der Waals surface area contributed by atoms with Gasteiger partial charge in [0.05, 0.1) is 23.0 Å². The second-order valence-electron chi connectivity index (χ2n) is 8.12. The van der Waals surface area contributed by atoms with E-state index in [1.807, 2.05) is 31.2 Å². The van der Waals surface area contributed by atoms with Crippen LogP contribution in [0, 0.1) is 12.8 Å². The van der Waals surface area contributed by atoms with Crippen LogP contribution in [0.2, 0.25) is 0 Å². The van der Waals surface area contributed by atoms with Gasteiger partial charge in [0.1, 0.15) is 0 Å². The minimum absolute atomic E-state index is 0.0455. The van der Waals surface area contributed by atoms with Crippen molar-refractivity contribution in [2.75, 3.05) is 19.6 Å². The molecule has 1 fully saturated rings. The predicted octanol–water partition coefficient (Wildman–Crippen LogP) is 1.79. The van der Waals surface area contributed by atoms with Crippen molar-refractivity contribution in [1.29, 1.82) is 0 Å². The van der Waals surface area contributed by atoms with Crippen molar-refractivity contribution in [2.45, 2.75) is 39.2 Å². The number of aliphatic hydroxyl groups excluding tert-OH is 1. The number of aromatic nitrogens is 2. The minimum atomic E-state index is -0.410. The van der Waals surface area contributed by atoms with Crippen molar-refractivity contribution in [2.24, 2.45) is 5.92 Å². The molecule has 2 aromatic rings. The lowest BCUT2D eigenvalue weighted by Gasteiger charge is -2.18. The lowest BCUT2D eigenvalue weighted by atomic mass is 9.89. The van der Waals surface area contributed by atoms with Crippen LogP contribution in [-0.2, 0) is 5.41 Å². The van der Waals surface area contributed by atoms with Crippen LogP contribution in [0.5, 0.6) is 0 Å². The molecule has 0 radical (unpaired) electrons. The largest absolute Gasteiger partial charge is 0.391 e. The summed E-state index contributed by atoms with van der Waals surface area (Å²) in [5.41, 5.74) is 3.20. The topological polar surface area (TPSA) is 79.2 Å². The molecular formula is C20H28N4O2. The van der Waals surface area contributed by atoms with Crippen LogP contribution in [0.1, 0.15) is 42.4 Å². The molecule has 1 aromatic carbocycles. The van der Waals surface area contributed by atoms with Crippen molar-refractivity contribution >= 4 is 5.91 Å². The molecule has 6 heteroatoms. The van der Waals surface area contributed by atoms with Crippen LogP contribution in [-0.4, -0.2) is 46.5 Å². The van der Waals surface area contributed by atoms with Gasteiger partial charge in [0.25, 0.3) is 5.91 Å². The molecule has 0 spiro atoms. The third-order valence-electron chi connectivity index (χ3n) is 4.80. The quantitative estimate of drug-likeness (QED) is 0.780. The maximum Gasteiger partial charge on any atom is 0.254 e. The zero-order chi connectivity index (χ0) is 18.9. The SMILES string of the molecule is Cc1ccc(-n2cc(C(=O)NCC3CNCC3O)c(C(C)(C)C)n2)cc1. The second kappa shape index (κ2) is 7.21. The summed E-state index contributed by atoms with van der Waals surface area (Å²) < 4.78 is 1.76. The predicted molar refractivity (Wildman–Crippen MR) is 102 cm³/mol. The van der Waals surface area contributed by atoms with E-state index in [-0.39, 0.29) is 17.2 Å². The van der Waals surface area contributed by atoms with Gasteiger partial charge in [-0.2, -0.15) is 5.10 Å². The molecule has 1 saturated heterocycles. The summed E-state index contributed by atoms with van der Waals surface area (Å²) in [5.74, 6) is -0.100. The zero-order valence-electron chi connectivity index (χ0n) is 15.9. The van der Waals surface area contributed by atoms with Gasteiger partial charge >= 0.3 is 0 Å². The van der Waals surface area contributed by atoms with E-state index in [1.54, 1.807) is 10.9 Å². The van der Waals surface area contributed by atoms with Gasteiger partial charge in [-0.25, -0.2) is 4.68 Å². The Labute approximate surface area is 154 Å². The number of β-amino-alcohol motifs (C(OH)–C–C–N with tert-alkyl or cyclic N) is 1. The highest BCUT2D eigenvalue weighted by molar-refractivity contribution is 5.95. The zero-order valence-corrected chi connectivity index (χ0v) is 15.9. The third-order valence-corrected chi connectivity index (χ3v) is 4.80. The van der Waals surface area contributed by atoms with E-state index < -0.39 is 6.10 Å². The molecule has 1 aliphatic heterocycles. The fourth-order valence-corrected chi connectivity index (χ4v) is 3.17. The molecule has 0 bridgehead atoms. The molecule has 3 N–H and O–H groups in total. The van der Waals surface area contributed by atoms with Gasteiger partial charge in [0.2, 0.25) is 0 Å². The number of benzene rings is 1. The Morgan fingerprint density at radius 2 is 2.00 bits per heavy atom. The highest BCUT2D eigenvalue weighted by Crippen LogP contribution is 2.26. The molecule has 0 aliphatic carbocycles. The van der Waals surface area contributed by atoms with E-state index >= 15 is 0 Å². The molecule has 2 unspecified atom stereocenters. The van der Waals surface area contributed by atoms with Crippen LogP contribution >= 0.6 is 0 Å². The highest BCUT2D eigenvalue weighted by Gasteiger charge is 2.29. The lowest BCUT2D eigenvalue weighted by Crippen LogP contribution is -2.35. The minimum Gasteiger partial charge on any atom is -0.391 e. The molecule has 1 aromatic heterocycles. The van der Waals surface area contributed by atoms with Crippen molar-refractivity contribution in [3.63, 3.8) is 0 Å². The summed E-state index contributed by atoms with van der Waals surface area (Å²) in [7, 11) is 0. The van der Waals surface area contributed by atoms with Crippen LogP contribution in [0.3, 0.4) is 0 Å². The summed E-state index contributed by atoms with van der Waals surface area (Å²) in [6, 6.07) is 8.05. The number of carbonyl (C=O) groups is 1. The van der Waals surface area contributed by atoms with E-state index in [4.69, 9.17) is 5.10 Å². The first kappa shape index (κ1) is 18.6. The number of nitrogens with one attached hydrogen (secondary N) is 2. The summed E-state index contributed by atoms with van der Waals surface area (Å²) in [4.78, 5) is 12.8. The van der Waals surface area contributed by atoms with Crippen molar-refractivity contribution < 1.29 is 9.90 Å². The van der Waals surface area contributed by atoms with Gasteiger partial charge in [-0.15, -0.1) is 0 Å². The fourth-order valence-electron chi connectivity index (χ4n) is 3.17. The Kier molecular flexibility index (Phi) is 5.16. The Morgan fingerprint density at radius 1 is 1.31 bits per heavy atom. The molecule has 0 saturated carbocycles. The first-order valence-corrected chi connectivity index (χ1v) is 9.10. The van der Waals surface area contributed by atoms with Crippen LogP contribution in [0.15, 0.2) is 30.5 Å².